The molecule has 0 unspecified atom stereocenters. The van der Waals surface area contributed by atoms with E-state index in [2.05, 4.69) is 11.4 Å². The van der Waals surface area contributed by atoms with Gasteiger partial charge in [0, 0.05) is 5.69 Å². The van der Waals surface area contributed by atoms with Crippen LogP contribution < -0.4 is 10.1 Å². The van der Waals surface area contributed by atoms with Crippen molar-refractivity contribution < 1.29 is 14.6 Å². The number of phenols is 1. The molecule has 0 heterocycles. The van der Waals surface area contributed by atoms with Crippen LogP contribution >= 0.6 is 0 Å². The lowest BCUT2D eigenvalue weighted by molar-refractivity contribution is -0.118. The van der Waals surface area contributed by atoms with Gasteiger partial charge in [0.15, 0.2) is 6.61 Å². The van der Waals surface area contributed by atoms with E-state index >= 15 is 0 Å². The van der Waals surface area contributed by atoms with E-state index < -0.39 is 0 Å². The van der Waals surface area contributed by atoms with E-state index in [9.17, 15) is 9.90 Å². The number of para-hydroxylation sites is 1. The molecule has 0 bridgehead atoms. The summed E-state index contributed by atoms with van der Waals surface area (Å²) in [5, 5.41) is 11.9. The van der Waals surface area contributed by atoms with Crippen LogP contribution in [0.4, 0.5) is 5.69 Å². The van der Waals surface area contributed by atoms with Crippen molar-refractivity contribution in [2.24, 2.45) is 0 Å². The molecule has 2 N–H and O–H groups in total. The Hall–Kier alpha value is -2.49. The fraction of sp³-hybridized carbons (Fsp3) is 0.235. The molecule has 0 atom stereocenters. The third-order valence-corrected chi connectivity index (χ3v) is 3.45. The average Bonchev–Trinajstić information content (AvgIpc) is 3.32. The Morgan fingerprint density at radius 2 is 1.86 bits per heavy atom. The molecule has 3 rings (SSSR count). The van der Waals surface area contributed by atoms with Gasteiger partial charge in [-0.1, -0.05) is 18.2 Å². The predicted molar refractivity (Wildman–Crippen MR) is 80.6 cm³/mol. The predicted octanol–water partition coefficient (Wildman–Crippen LogP) is 3.29. The van der Waals surface area contributed by atoms with Crippen LogP contribution in [0.25, 0.3) is 0 Å². The van der Waals surface area contributed by atoms with Gasteiger partial charge in [-0.15, -0.1) is 0 Å². The topological polar surface area (TPSA) is 58.6 Å². The molecule has 4 heteroatoms. The van der Waals surface area contributed by atoms with Gasteiger partial charge in [0.2, 0.25) is 0 Å². The molecule has 0 radical (unpaired) electrons. The maximum absolute atomic E-state index is 11.9. The van der Waals surface area contributed by atoms with Crippen LogP contribution in [0.2, 0.25) is 0 Å². The molecule has 1 fully saturated rings. The smallest absolute Gasteiger partial charge is 0.262 e. The summed E-state index contributed by atoms with van der Waals surface area (Å²) in [4.78, 5) is 11.9. The molecule has 1 amide bonds. The minimum atomic E-state index is -0.216. The van der Waals surface area contributed by atoms with Crippen LogP contribution in [-0.4, -0.2) is 17.6 Å². The number of nitrogens with one attached hydrogen (secondary N) is 1. The van der Waals surface area contributed by atoms with Gasteiger partial charge in [0.25, 0.3) is 5.91 Å². The number of aromatic hydroxyl groups is 1. The minimum absolute atomic E-state index is 0.0232. The first kappa shape index (κ1) is 13.5. The monoisotopic (exact) mass is 283 g/mol. The normalized spacial score (nSPS) is 13.7. The Morgan fingerprint density at radius 1 is 1.14 bits per heavy atom. The quantitative estimate of drug-likeness (QED) is 0.828. The number of carbonyl (C=O) groups is 1. The van der Waals surface area contributed by atoms with Gasteiger partial charge in [-0.05, 0) is 54.7 Å². The first-order valence-corrected chi connectivity index (χ1v) is 7.03. The molecule has 21 heavy (non-hydrogen) atoms. The molecular formula is C17H17NO3. The Balaban J connectivity index is 1.57. The van der Waals surface area contributed by atoms with Crippen molar-refractivity contribution in [1.29, 1.82) is 0 Å². The number of rotatable bonds is 5. The maximum Gasteiger partial charge on any atom is 0.262 e. The van der Waals surface area contributed by atoms with Crippen LogP contribution in [0, 0.1) is 0 Å². The number of amides is 1. The number of carbonyl (C=O) groups excluding carboxylic acids is 1. The van der Waals surface area contributed by atoms with Gasteiger partial charge < -0.3 is 15.2 Å². The first-order chi connectivity index (χ1) is 10.2. The van der Waals surface area contributed by atoms with Crippen molar-refractivity contribution in [1.82, 2.24) is 0 Å². The number of hydrogen-bond acceptors (Lipinski definition) is 3. The summed E-state index contributed by atoms with van der Waals surface area (Å²) >= 11 is 0. The molecule has 1 aliphatic rings. The fourth-order valence-electron chi connectivity index (χ4n) is 2.23. The van der Waals surface area contributed by atoms with E-state index in [1.54, 1.807) is 12.1 Å². The summed E-state index contributed by atoms with van der Waals surface area (Å²) in [6.45, 7) is -0.0232. The van der Waals surface area contributed by atoms with Crippen molar-refractivity contribution in [2.45, 2.75) is 18.8 Å². The van der Waals surface area contributed by atoms with Crippen LogP contribution in [0.3, 0.4) is 0 Å². The molecule has 2 aromatic rings. The summed E-state index contributed by atoms with van der Waals surface area (Å²) in [6, 6.07) is 14.2. The SMILES string of the molecule is O=C(COc1ccccc1C1CC1)Nc1ccc(O)cc1. The molecule has 108 valence electrons. The Morgan fingerprint density at radius 3 is 2.57 bits per heavy atom. The van der Waals surface area contributed by atoms with Crippen molar-refractivity contribution >= 4 is 11.6 Å². The van der Waals surface area contributed by atoms with Crippen molar-refractivity contribution in [3.63, 3.8) is 0 Å². The maximum atomic E-state index is 11.9. The highest BCUT2D eigenvalue weighted by molar-refractivity contribution is 5.91. The minimum Gasteiger partial charge on any atom is -0.508 e. The highest BCUT2D eigenvalue weighted by Crippen LogP contribution is 2.44. The number of ether oxygens (including phenoxy) is 1. The standard InChI is InChI=1S/C17H17NO3/c19-14-9-7-13(8-10-14)18-17(20)11-21-16-4-2-1-3-15(16)12-5-6-12/h1-4,7-10,12,19H,5-6,11H2,(H,18,20). The van der Waals surface area contributed by atoms with E-state index in [1.165, 1.54) is 30.5 Å². The van der Waals surface area contributed by atoms with E-state index in [0.29, 0.717) is 11.6 Å². The number of hydrogen-bond donors (Lipinski definition) is 2. The molecule has 1 aliphatic carbocycles. The third kappa shape index (κ3) is 3.54. The second-order valence-corrected chi connectivity index (χ2v) is 5.20. The summed E-state index contributed by atoms with van der Waals surface area (Å²) in [6.07, 6.45) is 2.39. The summed E-state index contributed by atoms with van der Waals surface area (Å²) < 4.78 is 5.63. The van der Waals surface area contributed by atoms with E-state index in [-0.39, 0.29) is 18.3 Å². The van der Waals surface area contributed by atoms with Crippen LogP contribution in [0.1, 0.15) is 24.3 Å². The highest BCUT2D eigenvalue weighted by Gasteiger charge is 2.26. The second kappa shape index (κ2) is 5.87. The molecular weight excluding hydrogens is 266 g/mol. The molecule has 4 nitrogen and oxygen atoms in total. The third-order valence-electron chi connectivity index (χ3n) is 3.45. The Bertz CT molecular complexity index is 633. The zero-order chi connectivity index (χ0) is 14.7. The lowest BCUT2D eigenvalue weighted by atomic mass is 10.1. The lowest BCUT2D eigenvalue weighted by Crippen LogP contribution is -2.20. The van der Waals surface area contributed by atoms with E-state index in [1.807, 2.05) is 18.2 Å². The fourth-order valence-corrected chi connectivity index (χ4v) is 2.23. The molecule has 1 saturated carbocycles. The zero-order valence-corrected chi connectivity index (χ0v) is 11.6. The van der Waals surface area contributed by atoms with E-state index in [0.717, 1.165) is 5.75 Å². The van der Waals surface area contributed by atoms with Crippen molar-refractivity contribution in [2.75, 3.05) is 11.9 Å². The van der Waals surface area contributed by atoms with Crippen LogP contribution in [-0.2, 0) is 4.79 Å². The molecule has 0 spiro atoms. The zero-order valence-electron chi connectivity index (χ0n) is 11.6. The molecule has 0 aromatic heterocycles. The molecule has 0 aliphatic heterocycles. The summed E-state index contributed by atoms with van der Waals surface area (Å²) in [5.74, 6) is 1.33. The van der Waals surface area contributed by atoms with Crippen LogP contribution in [0.5, 0.6) is 11.5 Å². The van der Waals surface area contributed by atoms with Crippen LogP contribution in [0.15, 0.2) is 48.5 Å². The molecule has 0 saturated heterocycles. The van der Waals surface area contributed by atoms with E-state index in [4.69, 9.17) is 4.74 Å². The second-order valence-electron chi connectivity index (χ2n) is 5.20. The van der Waals surface area contributed by atoms with Gasteiger partial charge in [-0.2, -0.15) is 0 Å². The van der Waals surface area contributed by atoms with Gasteiger partial charge in [0.1, 0.15) is 11.5 Å². The highest BCUT2D eigenvalue weighted by atomic mass is 16.5. The van der Waals surface area contributed by atoms with Gasteiger partial charge in [-0.25, -0.2) is 0 Å². The largest absolute Gasteiger partial charge is 0.508 e. The van der Waals surface area contributed by atoms with Gasteiger partial charge in [-0.3, -0.25) is 4.79 Å². The summed E-state index contributed by atoms with van der Waals surface area (Å²) in [5.41, 5.74) is 1.83. The first-order valence-electron chi connectivity index (χ1n) is 7.03. The van der Waals surface area contributed by atoms with Gasteiger partial charge >= 0.3 is 0 Å². The number of benzene rings is 2. The number of anilines is 1. The summed E-state index contributed by atoms with van der Waals surface area (Å²) in [7, 11) is 0. The number of phenolic OH excluding ortho intramolecular Hbond substituents is 1. The van der Waals surface area contributed by atoms with Crippen molar-refractivity contribution in [3.8, 4) is 11.5 Å². The van der Waals surface area contributed by atoms with Crippen molar-refractivity contribution in [3.05, 3.63) is 54.1 Å². The van der Waals surface area contributed by atoms with Gasteiger partial charge in [0.05, 0.1) is 0 Å². The Kier molecular flexibility index (Phi) is 3.77. The average molecular weight is 283 g/mol. The molecule has 2 aromatic carbocycles. The lowest BCUT2D eigenvalue weighted by Gasteiger charge is -2.11. The Labute approximate surface area is 123 Å².